The van der Waals surface area contributed by atoms with Crippen LogP contribution in [0.15, 0.2) is 5.16 Å². The van der Waals surface area contributed by atoms with Gasteiger partial charge in [-0.1, -0.05) is 12.1 Å². The molecule has 2 unspecified atom stereocenters. The maximum Gasteiger partial charge on any atom is 0.139 e. The summed E-state index contributed by atoms with van der Waals surface area (Å²) in [6.45, 7) is 3.37. The highest BCUT2D eigenvalue weighted by Gasteiger charge is 2.19. The van der Waals surface area contributed by atoms with E-state index in [1.54, 1.807) is 0 Å². The molecule has 4 N–H and O–H groups in total. The summed E-state index contributed by atoms with van der Waals surface area (Å²) in [4.78, 5) is 0. The van der Waals surface area contributed by atoms with Crippen LogP contribution in [0.1, 0.15) is 45.4 Å². The molecule has 88 valence electrons. The predicted octanol–water partition coefficient (Wildman–Crippen LogP) is 1.68. The van der Waals surface area contributed by atoms with Gasteiger partial charge >= 0.3 is 0 Å². The van der Waals surface area contributed by atoms with E-state index in [-0.39, 0.29) is 0 Å². The van der Waals surface area contributed by atoms with Gasteiger partial charge in [-0.2, -0.15) is 0 Å². The molecule has 2 atom stereocenters. The van der Waals surface area contributed by atoms with Crippen LogP contribution in [0, 0.1) is 5.92 Å². The van der Waals surface area contributed by atoms with Gasteiger partial charge in [0.25, 0.3) is 0 Å². The largest absolute Gasteiger partial charge is 0.409 e. The van der Waals surface area contributed by atoms with Crippen molar-refractivity contribution in [3.8, 4) is 0 Å². The molecule has 1 saturated carbocycles. The Morgan fingerprint density at radius 3 is 2.87 bits per heavy atom. The molecule has 1 aliphatic rings. The van der Waals surface area contributed by atoms with E-state index in [9.17, 15) is 0 Å². The molecule has 0 aromatic carbocycles. The Labute approximate surface area is 91.9 Å². The van der Waals surface area contributed by atoms with Crippen molar-refractivity contribution in [3.63, 3.8) is 0 Å². The Morgan fingerprint density at radius 1 is 1.47 bits per heavy atom. The highest BCUT2D eigenvalue weighted by Crippen LogP contribution is 2.24. The SMILES string of the molecule is CC1CCC(NCCCCC(N)=NO)C1. The van der Waals surface area contributed by atoms with E-state index in [2.05, 4.69) is 17.4 Å². The molecule has 0 bridgehead atoms. The fourth-order valence-electron chi connectivity index (χ4n) is 2.18. The van der Waals surface area contributed by atoms with E-state index < -0.39 is 0 Å². The molecule has 4 heteroatoms. The van der Waals surface area contributed by atoms with Crippen molar-refractivity contribution in [3.05, 3.63) is 0 Å². The normalized spacial score (nSPS) is 27.1. The van der Waals surface area contributed by atoms with Crippen molar-refractivity contribution in [2.24, 2.45) is 16.8 Å². The van der Waals surface area contributed by atoms with Crippen molar-refractivity contribution < 1.29 is 5.21 Å². The summed E-state index contributed by atoms with van der Waals surface area (Å²) >= 11 is 0. The first-order chi connectivity index (χ1) is 7.22. The molecule has 0 radical (unpaired) electrons. The Morgan fingerprint density at radius 2 is 2.27 bits per heavy atom. The lowest BCUT2D eigenvalue weighted by Crippen LogP contribution is -2.27. The number of nitrogens with zero attached hydrogens (tertiary/aromatic N) is 1. The number of nitrogens with one attached hydrogen (secondary N) is 1. The average molecular weight is 213 g/mol. The molecule has 0 aliphatic heterocycles. The van der Waals surface area contributed by atoms with Gasteiger partial charge in [0, 0.05) is 12.5 Å². The van der Waals surface area contributed by atoms with Gasteiger partial charge < -0.3 is 16.3 Å². The molecular formula is C11H23N3O. The van der Waals surface area contributed by atoms with E-state index in [1.807, 2.05) is 0 Å². The third kappa shape index (κ3) is 5.02. The summed E-state index contributed by atoms with van der Waals surface area (Å²) < 4.78 is 0. The zero-order valence-corrected chi connectivity index (χ0v) is 9.58. The first-order valence-corrected chi connectivity index (χ1v) is 5.92. The number of oxime groups is 1. The number of hydrogen-bond acceptors (Lipinski definition) is 3. The zero-order valence-electron chi connectivity index (χ0n) is 9.58. The third-order valence-electron chi connectivity index (χ3n) is 3.12. The molecule has 1 aliphatic carbocycles. The summed E-state index contributed by atoms with van der Waals surface area (Å²) in [7, 11) is 0. The molecule has 4 nitrogen and oxygen atoms in total. The van der Waals surface area contributed by atoms with Gasteiger partial charge in [0.2, 0.25) is 0 Å². The summed E-state index contributed by atoms with van der Waals surface area (Å²) in [5, 5.41) is 14.8. The van der Waals surface area contributed by atoms with Crippen LogP contribution in [0.5, 0.6) is 0 Å². The first-order valence-electron chi connectivity index (χ1n) is 5.92. The molecule has 0 amide bonds. The highest BCUT2D eigenvalue weighted by atomic mass is 16.4. The lowest BCUT2D eigenvalue weighted by Gasteiger charge is -2.11. The highest BCUT2D eigenvalue weighted by molar-refractivity contribution is 5.79. The van der Waals surface area contributed by atoms with Gasteiger partial charge in [0.15, 0.2) is 0 Å². The minimum atomic E-state index is 0.337. The van der Waals surface area contributed by atoms with Crippen LogP contribution < -0.4 is 11.1 Å². The lowest BCUT2D eigenvalue weighted by molar-refractivity contribution is 0.316. The Balaban J connectivity index is 1.93. The van der Waals surface area contributed by atoms with E-state index in [0.717, 1.165) is 31.3 Å². The standard InChI is InChI=1S/C11H23N3O/c1-9-5-6-10(8-9)13-7-3-2-4-11(12)14-15/h9-10,13,15H,2-8H2,1H3,(H2,12,14). The molecular weight excluding hydrogens is 190 g/mol. The maximum atomic E-state index is 8.34. The Kier molecular flexibility index (Phi) is 5.47. The molecule has 0 heterocycles. The average Bonchev–Trinajstić information content (AvgIpc) is 2.63. The fraction of sp³-hybridized carbons (Fsp3) is 0.909. The Hall–Kier alpha value is -0.770. The molecule has 0 aromatic rings. The minimum Gasteiger partial charge on any atom is -0.409 e. The second kappa shape index (κ2) is 6.67. The van der Waals surface area contributed by atoms with Crippen LogP contribution in [0.3, 0.4) is 0 Å². The smallest absolute Gasteiger partial charge is 0.139 e. The van der Waals surface area contributed by atoms with Crippen molar-refractivity contribution in [2.75, 3.05) is 6.54 Å². The molecule has 0 saturated heterocycles. The number of unbranched alkanes of at least 4 members (excludes halogenated alkanes) is 1. The van der Waals surface area contributed by atoms with Crippen molar-refractivity contribution in [1.29, 1.82) is 0 Å². The van der Waals surface area contributed by atoms with E-state index >= 15 is 0 Å². The van der Waals surface area contributed by atoms with Crippen LogP contribution in [0.25, 0.3) is 0 Å². The van der Waals surface area contributed by atoms with Gasteiger partial charge in [-0.25, -0.2) is 0 Å². The van der Waals surface area contributed by atoms with E-state index in [4.69, 9.17) is 10.9 Å². The zero-order chi connectivity index (χ0) is 11.1. The summed E-state index contributed by atoms with van der Waals surface area (Å²) in [5.41, 5.74) is 5.38. The quantitative estimate of drug-likeness (QED) is 0.207. The van der Waals surface area contributed by atoms with Crippen LogP contribution in [0.2, 0.25) is 0 Å². The lowest BCUT2D eigenvalue weighted by atomic mass is 10.1. The molecule has 15 heavy (non-hydrogen) atoms. The maximum absolute atomic E-state index is 8.34. The molecule has 0 aromatic heterocycles. The van der Waals surface area contributed by atoms with Gasteiger partial charge in [0.05, 0.1) is 0 Å². The van der Waals surface area contributed by atoms with Gasteiger partial charge in [-0.15, -0.1) is 0 Å². The topological polar surface area (TPSA) is 70.6 Å². The van der Waals surface area contributed by atoms with Crippen LogP contribution in [-0.2, 0) is 0 Å². The third-order valence-corrected chi connectivity index (χ3v) is 3.12. The second-order valence-corrected chi connectivity index (χ2v) is 4.62. The minimum absolute atomic E-state index is 0.337. The number of amidine groups is 1. The summed E-state index contributed by atoms with van der Waals surface area (Å²) in [6, 6.07) is 0.726. The van der Waals surface area contributed by atoms with Crippen LogP contribution >= 0.6 is 0 Å². The van der Waals surface area contributed by atoms with Crippen LogP contribution in [0.4, 0.5) is 0 Å². The molecule has 1 rings (SSSR count). The first kappa shape index (κ1) is 12.3. The molecule has 0 spiro atoms. The van der Waals surface area contributed by atoms with E-state index in [0.29, 0.717) is 12.3 Å². The summed E-state index contributed by atoms with van der Waals surface area (Å²) in [5.74, 6) is 1.23. The monoisotopic (exact) mass is 213 g/mol. The predicted molar refractivity (Wildman–Crippen MR) is 62.1 cm³/mol. The second-order valence-electron chi connectivity index (χ2n) is 4.62. The number of rotatable bonds is 6. The van der Waals surface area contributed by atoms with Crippen molar-refractivity contribution in [2.45, 2.75) is 51.5 Å². The van der Waals surface area contributed by atoms with Crippen molar-refractivity contribution in [1.82, 2.24) is 5.32 Å². The van der Waals surface area contributed by atoms with E-state index in [1.165, 1.54) is 19.3 Å². The van der Waals surface area contributed by atoms with Gasteiger partial charge in [-0.05, 0) is 44.6 Å². The number of hydrogen-bond donors (Lipinski definition) is 3. The van der Waals surface area contributed by atoms with Crippen molar-refractivity contribution >= 4 is 5.84 Å². The van der Waals surface area contributed by atoms with Gasteiger partial charge in [0.1, 0.15) is 5.84 Å². The molecule has 1 fully saturated rings. The summed E-state index contributed by atoms with van der Waals surface area (Å²) in [6.07, 6.45) is 6.79. The Bertz CT molecular complexity index is 206. The number of nitrogens with two attached hydrogens (primary N) is 1. The van der Waals surface area contributed by atoms with Crippen LogP contribution in [-0.4, -0.2) is 23.6 Å². The fourth-order valence-corrected chi connectivity index (χ4v) is 2.18. The van der Waals surface area contributed by atoms with Gasteiger partial charge in [-0.3, -0.25) is 0 Å².